The highest BCUT2D eigenvalue weighted by Crippen LogP contribution is 2.32. The third kappa shape index (κ3) is 6.18. The summed E-state index contributed by atoms with van der Waals surface area (Å²) in [6, 6.07) is 23.1. The van der Waals surface area contributed by atoms with E-state index in [1.807, 2.05) is 84.9 Å². The monoisotopic (exact) mass is 454 g/mol. The van der Waals surface area contributed by atoms with Crippen LogP contribution in [0, 0.1) is 0 Å². The minimum Gasteiger partial charge on any atom is -0.489 e. The van der Waals surface area contributed by atoms with Crippen LogP contribution in [0.1, 0.15) is 28.7 Å². The van der Waals surface area contributed by atoms with Gasteiger partial charge >= 0.3 is 0 Å². The summed E-state index contributed by atoms with van der Waals surface area (Å²) < 4.78 is 12.3. The van der Waals surface area contributed by atoms with E-state index in [0.717, 1.165) is 22.3 Å². The van der Waals surface area contributed by atoms with Crippen molar-refractivity contribution in [2.75, 3.05) is 6.54 Å². The molecule has 7 nitrogen and oxygen atoms in total. The molecule has 0 saturated carbocycles. The second kappa shape index (κ2) is 11.6. The summed E-state index contributed by atoms with van der Waals surface area (Å²) in [7, 11) is 0. The first-order valence-electron chi connectivity index (χ1n) is 11.2. The van der Waals surface area contributed by atoms with Gasteiger partial charge in [-0.1, -0.05) is 77.9 Å². The first-order chi connectivity index (χ1) is 16.7. The molecule has 1 atom stereocenters. The van der Waals surface area contributed by atoms with E-state index in [4.69, 9.17) is 15.0 Å². The lowest BCUT2D eigenvalue weighted by molar-refractivity contribution is -0.122. The lowest BCUT2D eigenvalue weighted by atomic mass is 10.00. The molecule has 0 unspecified atom stereocenters. The molecule has 0 bridgehead atoms. The first kappa shape index (κ1) is 23.0. The van der Waals surface area contributed by atoms with E-state index in [2.05, 4.69) is 15.3 Å². The van der Waals surface area contributed by atoms with Crippen molar-refractivity contribution >= 4 is 12.0 Å². The normalized spacial score (nSPS) is 16.4. The molecule has 4 rings (SSSR count). The molecule has 3 aromatic rings. The molecule has 1 N–H and O–H groups in total. The number of hydrogen-bond donors (Lipinski definition) is 1. The fraction of sp³-hybridized carbons (Fsp3) is 0.222. The Kier molecular flexibility index (Phi) is 7.82. The van der Waals surface area contributed by atoms with Crippen LogP contribution in [0.3, 0.4) is 0 Å². The summed E-state index contributed by atoms with van der Waals surface area (Å²) in [5, 5.41) is 6.49. The predicted molar refractivity (Wildman–Crippen MR) is 131 cm³/mol. The molecule has 0 spiro atoms. The van der Waals surface area contributed by atoms with Crippen LogP contribution in [0.15, 0.2) is 84.0 Å². The van der Waals surface area contributed by atoms with Gasteiger partial charge in [-0.3, -0.25) is 4.79 Å². The average Bonchev–Trinajstić information content (AvgIpc) is 2.87. The Bertz CT molecular complexity index is 1190. The number of nitrogens with zero attached hydrogens (tertiary/aromatic N) is 3. The van der Waals surface area contributed by atoms with E-state index < -0.39 is 6.04 Å². The summed E-state index contributed by atoms with van der Waals surface area (Å²) in [4.78, 5) is 15.1. The van der Waals surface area contributed by atoms with Crippen LogP contribution in [0.2, 0.25) is 0 Å². The lowest BCUT2D eigenvalue weighted by Crippen LogP contribution is -2.34. The van der Waals surface area contributed by atoms with Crippen molar-refractivity contribution in [3.8, 4) is 11.5 Å². The second-order valence-electron chi connectivity index (χ2n) is 7.94. The van der Waals surface area contributed by atoms with Gasteiger partial charge in [0.15, 0.2) is 0 Å². The summed E-state index contributed by atoms with van der Waals surface area (Å²) >= 11 is 0. The largest absolute Gasteiger partial charge is 0.489 e. The molecule has 0 saturated heterocycles. The van der Waals surface area contributed by atoms with Crippen LogP contribution in [0.25, 0.3) is 16.5 Å². The number of rotatable bonds is 7. The zero-order valence-electron chi connectivity index (χ0n) is 18.8. The minimum atomic E-state index is -0.773. The van der Waals surface area contributed by atoms with Crippen LogP contribution >= 0.6 is 0 Å². The van der Waals surface area contributed by atoms with Crippen molar-refractivity contribution in [2.24, 2.45) is 5.11 Å². The van der Waals surface area contributed by atoms with Crippen molar-refractivity contribution in [2.45, 2.75) is 32.1 Å². The molecule has 1 heterocycles. The predicted octanol–water partition coefficient (Wildman–Crippen LogP) is 5.60. The standard InChI is InChI=1S/C27H26N4O3/c28-31-30-25-13-7-12-24-22(14-15-29-27(25)32)16-23(33-18-20-8-3-1-4-9-20)17-26(24)34-19-21-10-5-2-6-11-21/h1-12,16-17,25H,13-15,18-19H2,(H,29,32)/b12-7-/t25-/m0/s1. The molecule has 0 aromatic heterocycles. The molecule has 7 heteroatoms. The fourth-order valence-corrected chi connectivity index (χ4v) is 3.75. The molecular formula is C27H26N4O3. The minimum absolute atomic E-state index is 0.275. The number of ether oxygens (including phenoxy) is 2. The van der Waals surface area contributed by atoms with Crippen LogP contribution in [0.5, 0.6) is 11.5 Å². The Labute approximate surface area is 198 Å². The van der Waals surface area contributed by atoms with Gasteiger partial charge in [-0.2, -0.15) is 0 Å². The average molecular weight is 455 g/mol. The van der Waals surface area contributed by atoms with Gasteiger partial charge in [-0.15, -0.1) is 0 Å². The highest BCUT2D eigenvalue weighted by Gasteiger charge is 2.18. The molecule has 34 heavy (non-hydrogen) atoms. The van der Waals surface area contributed by atoms with E-state index in [1.165, 1.54) is 0 Å². The molecule has 172 valence electrons. The summed E-state index contributed by atoms with van der Waals surface area (Å²) in [5.74, 6) is 1.13. The Hall–Kier alpha value is -4.22. The zero-order valence-corrected chi connectivity index (χ0v) is 18.8. The van der Waals surface area contributed by atoms with E-state index in [9.17, 15) is 4.79 Å². The molecular weight excluding hydrogens is 428 g/mol. The van der Waals surface area contributed by atoms with Gasteiger partial charge < -0.3 is 14.8 Å². The van der Waals surface area contributed by atoms with Crippen LogP contribution in [-0.4, -0.2) is 18.5 Å². The van der Waals surface area contributed by atoms with Gasteiger partial charge in [-0.25, -0.2) is 0 Å². The van der Waals surface area contributed by atoms with Crippen molar-refractivity contribution in [3.63, 3.8) is 0 Å². The maximum Gasteiger partial charge on any atom is 0.229 e. The number of carbonyl (C=O) groups is 1. The van der Waals surface area contributed by atoms with Gasteiger partial charge in [0.05, 0.1) is 0 Å². The van der Waals surface area contributed by atoms with Gasteiger partial charge in [0.1, 0.15) is 30.8 Å². The maximum atomic E-state index is 12.3. The van der Waals surface area contributed by atoms with Crippen molar-refractivity contribution in [1.29, 1.82) is 0 Å². The first-order valence-corrected chi connectivity index (χ1v) is 11.2. The Morgan fingerprint density at radius 3 is 2.32 bits per heavy atom. The molecule has 3 aromatic carbocycles. The van der Waals surface area contributed by atoms with E-state index >= 15 is 0 Å². The maximum absolute atomic E-state index is 12.3. The third-order valence-corrected chi connectivity index (χ3v) is 5.52. The highest BCUT2D eigenvalue weighted by molar-refractivity contribution is 5.82. The number of carbonyl (C=O) groups excluding carboxylic acids is 1. The smallest absolute Gasteiger partial charge is 0.229 e. The van der Waals surface area contributed by atoms with Crippen molar-refractivity contribution in [1.82, 2.24) is 5.32 Å². The SMILES string of the molecule is [N-]=[N+]=N[C@H]1C/C=C\c2c(cc(OCc3ccccc3)cc2OCc2ccccc2)CCNC1=O. The molecule has 1 amide bonds. The van der Waals surface area contributed by atoms with Crippen molar-refractivity contribution < 1.29 is 14.3 Å². The van der Waals surface area contributed by atoms with Crippen molar-refractivity contribution in [3.05, 3.63) is 112 Å². The second-order valence-corrected chi connectivity index (χ2v) is 7.94. The highest BCUT2D eigenvalue weighted by atomic mass is 16.5. The summed E-state index contributed by atoms with van der Waals surface area (Å²) in [6.45, 7) is 1.27. The fourth-order valence-electron chi connectivity index (χ4n) is 3.75. The molecule has 1 aliphatic heterocycles. The quantitative estimate of drug-likeness (QED) is 0.286. The van der Waals surface area contributed by atoms with E-state index in [1.54, 1.807) is 0 Å². The van der Waals surface area contributed by atoms with Gasteiger partial charge in [0.25, 0.3) is 0 Å². The lowest BCUT2D eigenvalue weighted by Gasteiger charge is -2.19. The topological polar surface area (TPSA) is 96.3 Å². The van der Waals surface area contributed by atoms with Gasteiger partial charge in [0, 0.05) is 23.1 Å². The zero-order chi connectivity index (χ0) is 23.6. The number of fused-ring (bicyclic) bond motifs is 1. The Morgan fingerprint density at radius 2 is 1.65 bits per heavy atom. The van der Waals surface area contributed by atoms with E-state index in [-0.39, 0.29) is 5.91 Å². The molecule has 1 aliphatic rings. The van der Waals surface area contributed by atoms with Gasteiger partial charge in [-0.05, 0) is 41.1 Å². The van der Waals surface area contributed by atoms with Crippen LogP contribution < -0.4 is 14.8 Å². The van der Waals surface area contributed by atoms with Crippen LogP contribution in [-0.2, 0) is 24.4 Å². The summed E-state index contributed by atoms with van der Waals surface area (Å²) in [6.07, 6.45) is 4.68. The number of hydrogen-bond acceptors (Lipinski definition) is 4. The molecule has 0 aliphatic carbocycles. The number of amides is 1. The Morgan fingerprint density at radius 1 is 0.971 bits per heavy atom. The van der Waals surface area contributed by atoms with E-state index in [0.29, 0.717) is 44.1 Å². The van der Waals surface area contributed by atoms with Crippen LogP contribution in [0.4, 0.5) is 0 Å². The molecule has 0 fully saturated rings. The third-order valence-electron chi connectivity index (χ3n) is 5.52. The number of azide groups is 1. The van der Waals surface area contributed by atoms with Gasteiger partial charge in [0.2, 0.25) is 5.91 Å². The molecule has 0 radical (unpaired) electrons. The Balaban J connectivity index is 1.64. The summed E-state index contributed by atoms with van der Waals surface area (Å²) in [5.41, 5.74) is 12.9. The number of nitrogens with one attached hydrogen (secondary N) is 1. The number of benzene rings is 3.